The number of aromatic nitrogens is 1. The number of likely N-dealkylation sites (N-methyl/N-ethyl adjacent to an activating group) is 1. The molecule has 114 valence electrons. The van der Waals surface area contributed by atoms with E-state index in [1.54, 1.807) is 4.90 Å². The molecular formula is C14H20N4O3. The number of amides is 2. The zero-order valence-electron chi connectivity index (χ0n) is 12.0. The van der Waals surface area contributed by atoms with Gasteiger partial charge in [0.2, 0.25) is 5.91 Å². The second kappa shape index (κ2) is 7.03. The van der Waals surface area contributed by atoms with Gasteiger partial charge < -0.3 is 20.6 Å². The van der Waals surface area contributed by atoms with E-state index in [1.807, 2.05) is 6.92 Å². The molecule has 1 fully saturated rings. The molecule has 21 heavy (non-hydrogen) atoms. The van der Waals surface area contributed by atoms with E-state index in [1.165, 1.54) is 18.3 Å². The number of hydrogen-bond acceptors (Lipinski definition) is 5. The van der Waals surface area contributed by atoms with Crippen LogP contribution in [0.25, 0.3) is 0 Å². The summed E-state index contributed by atoms with van der Waals surface area (Å²) in [6.07, 6.45) is 2.34. The van der Waals surface area contributed by atoms with Crippen LogP contribution >= 0.6 is 0 Å². The maximum absolute atomic E-state index is 12.2. The molecule has 7 nitrogen and oxygen atoms in total. The number of aromatic hydroxyl groups is 1. The van der Waals surface area contributed by atoms with Crippen LogP contribution in [0.3, 0.4) is 0 Å². The highest BCUT2D eigenvalue weighted by Gasteiger charge is 2.25. The SMILES string of the molecule is CCN(C(=O)CNC(=O)c1ncccc1O)C1CCNC1. The Morgan fingerprint density at radius 1 is 1.57 bits per heavy atom. The highest BCUT2D eigenvalue weighted by Crippen LogP contribution is 2.12. The lowest BCUT2D eigenvalue weighted by Gasteiger charge is -2.27. The van der Waals surface area contributed by atoms with Crippen LogP contribution < -0.4 is 10.6 Å². The van der Waals surface area contributed by atoms with Gasteiger partial charge in [-0.2, -0.15) is 0 Å². The normalized spacial score (nSPS) is 17.5. The second-order valence-corrected chi connectivity index (χ2v) is 4.88. The summed E-state index contributed by atoms with van der Waals surface area (Å²) in [6, 6.07) is 3.10. The Balaban J connectivity index is 1.91. The predicted molar refractivity (Wildman–Crippen MR) is 76.9 cm³/mol. The summed E-state index contributed by atoms with van der Waals surface area (Å²) >= 11 is 0. The van der Waals surface area contributed by atoms with Crippen molar-refractivity contribution < 1.29 is 14.7 Å². The molecule has 0 bridgehead atoms. The van der Waals surface area contributed by atoms with Gasteiger partial charge in [0.15, 0.2) is 5.69 Å². The van der Waals surface area contributed by atoms with Crippen molar-refractivity contribution in [3.63, 3.8) is 0 Å². The van der Waals surface area contributed by atoms with Crippen molar-refractivity contribution in [1.82, 2.24) is 20.5 Å². The van der Waals surface area contributed by atoms with Gasteiger partial charge in [0, 0.05) is 25.3 Å². The number of carbonyl (C=O) groups is 2. The minimum Gasteiger partial charge on any atom is -0.505 e. The summed E-state index contributed by atoms with van der Waals surface area (Å²) in [7, 11) is 0. The Hall–Kier alpha value is -2.15. The van der Waals surface area contributed by atoms with Crippen molar-refractivity contribution in [2.24, 2.45) is 0 Å². The first kappa shape index (κ1) is 15.2. The molecule has 3 N–H and O–H groups in total. The molecule has 1 aromatic heterocycles. The summed E-state index contributed by atoms with van der Waals surface area (Å²) in [5.74, 6) is -0.883. The zero-order valence-corrected chi connectivity index (χ0v) is 12.0. The maximum atomic E-state index is 12.2. The van der Waals surface area contributed by atoms with E-state index in [2.05, 4.69) is 15.6 Å². The van der Waals surface area contributed by atoms with Crippen molar-refractivity contribution in [3.8, 4) is 5.75 Å². The van der Waals surface area contributed by atoms with Gasteiger partial charge in [-0.3, -0.25) is 9.59 Å². The van der Waals surface area contributed by atoms with E-state index in [0.29, 0.717) is 6.54 Å². The quantitative estimate of drug-likeness (QED) is 0.694. The summed E-state index contributed by atoms with van der Waals surface area (Å²) in [5, 5.41) is 15.3. The van der Waals surface area contributed by atoms with Crippen molar-refractivity contribution >= 4 is 11.8 Å². The van der Waals surface area contributed by atoms with E-state index in [4.69, 9.17) is 0 Å². The summed E-state index contributed by atoms with van der Waals surface area (Å²) in [6.45, 7) is 4.12. The molecular weight excluding hydrogens is 272 g/mol. The molecule has 2 rings (SSSR count). The van der Waals surface area contributed by atoms with Gasteiger partial charge in [0.05, 0.1) is 6.54 Å². The molecule has 1 aliphatic rings. The molecule has 0 radical (unpaired) electrons. The topological polar surface area (TPSA) is 94.6 Å². The fourth-order valence-corrected chi connectivity index (χ4v) is 2.46. The lowest BCUT2D eigenvalue weighted by Crippen LogP contribution is -2.46. The van der Waals surface area contributed by atoms with Crippen LogP contribution in [0.5, 0.6) is 5.75 Å². The summed E-state index contributed by atoms with van der Waals surface area (Å²) < 4.78 is 0. The van der Waals surface area contributed by atoms with Crippen molar-refractivity contribution in [2.45, 2.75) is 19.4 Å². The Morgan fingerprint density at radius 3 is 3.00 bits per heavy atom. The van der Waals surface area contributed by atoms with Crippen LogP contribution in [0.4, 0.5) is 0 Å². The molecule has 1 atom stereocenters. The Labute approximate surface area is 123 Å². The number of nitrogens with one attached hydrogen (secondary N) is 2. The summed E-state index contributed by atoms with van der Waals surface area (Å²) in [5.41, 5.74) is -0.0733. The Kier molecular flexibility index (Phi) is 5.10. The predicted octanol–water partition coefficient (Wildman–Crippen LogP) is -0.273. The molecule has 7 heteroatoms. The lowest BCUT2D eigenvalue weighted by molar-refractivity contribution is -0.131. The van der Waals surface area contributed by atoms with Crippen molar-refractivity contribution in [1.29, 1.82) is 0 Å². The third-order valence-corrected chi connectivity index (χ3v) is 3.54. The molecule has 1 aromatic rings. The fourth-order valence-electron chi connectivity index (χ4n) is 2.46. The minimum absolute atomic E-state index is 0.0733. The number of rotatable bonds is 5. The Morgan fingerprint density at radius 2 is 2.38 bits per heavy atom. The van der Waals surface area contributed by atoms with E-state index in [0.717, 1.165) is 19.5 Å². The molecule has 0 aliphatic carbocycles. The molecule has 1 unspecified atom stereocenters. The third-order valence-electron chi connectivity index (χ3n) is 3.54. The first-order valence-corrected chi connectivity index (χ1v) is 7.05. The van der Waals surface area contributed by atoms with Gasteiger partial charge in [-0.1, -0.05) is 0 Å². The molecule has 1 aliphatic heterocycles. The first-order chi connectivity index (χ1) is 10.1. The van der Waals surface area contributed by atoms with E-state index in [9.17, 15) is 14.7 Å². The molecule has 0 saturated carbocycles. The summed E-state index contributed by atoms with van der Waals surface area (Å²) in [4.78, 5) is 29.6. The van der Waals surface area contributed by atoms with Gasteiger partial charge in [0.25, 0.3) is 5.91 Å². The standard InChI is InChI=1S/C14H20N4O3/c1-2-18(10-5-7-15-8-10)12(20)9-17-14(21)13-11(19)4-3-6-16-13/h3-4,6,10,15,19H,2,5,7-9H2,1H3,(H,17,21). The van der Waals surface area contributed by atoms with Crippen LogP contribution in [0.15, 0.2) is 18.3 Å². The minimum atomic E-state index is -0.554. The van der Waals surface area contributed by atoms with E-state index >= 15 is 0 Å². The molecule has 1 saturated heterocycles. The third kappa shape index (κ3) is 3.69. The first-order valence-electron chi connectivity index (χ1n) is 7.05. The average Bonchev–Trinajstić information content (AvgIpc) is 3.00. The van der Waals surface area contributed by atoms with Crippen LogP contribution in [0.1, 0.15) is 23.8 Å². The van der Waals surface area contributed by atoms with Crippen molar-refractivity contribution in [3.05, 3.63) is 24.0 Å². The molecule has 2 amide bonds. The highest BCUT2D eigenvalue weighted by molar-refractivity contribution is 5.96. The highest BCUT2D eigenvalue weighted by atomic mass is 16.3. The van der Waals surface area contributed by atoms with Crippen LogP contribution in [-0.4, -0.2) is 59.0 Å². The largest absolute Gasteiger partial charge is 0.505 e. The van der Waals surface area contributed by atoms with Gasteiger partial charge in [0.1, 0.15) is 5.75 Å². The van der Waals surface area contributed by atoms with E-state index < -0.39 is 5.91 Å². The van der Waals surface area contributed by atoms with Gasteiger partial charge in [-0.05, 0) is 32.0 Å². The number of hydrogen-bond donors (Lipinski definition) is 3. The van der Waals surface area contributed by atoms with Crippen LogP contribution in [0, 0.1) is 0 Å². The second-order valence-electron chi connectivity index (χ2n) is 4.88. The van der Waals surface area contributed by atoms with Crippen molar-refractivity contribution in [2.75, 3.05) is 26.2 Å². The molecule has 2 heterocycles. The Bertz CT molecular complexity index is 515. The molecule has 0 spiro atoms. The van der Waals surface area contributed by atoms with Crippen LogP contribution in [-0.2, 0) is 4.79 Å². The number of carbonyl (C=O) groups excluding carboxylic acids is 2. The van der Waals surface area contributed by atoms with Gasteiger partial charge in [-0.25, -0.2) is 4.98 Å². The molecule has 0 aromatic carbocycles. The van der Waals surface area contributed by atoms with Crippen LogP contribution in [0.2, 0.25) is 0 Å². The van der Waals surface area contributed by atoms with Gasteiger partial charge in [-0.15, -0.1) is 0 Å². The average molecular weight is 292 g/mol. The van der Waals surface area contributed by atoms with Gasteiger partial charge >= 0.3 is 0 Å². The maximum Gasteiger partial charge on any atom is 0.274 e. The van der Waals surface area contributed by atoms with E-state index in [-0.39, 0.29) is 29.9 Å². The fraction of sp³-hybridized carbons (Fsp3) is 0.500. The smallest absolute Gasteiger partial charge is 0.274 e. The monoisotopic (exact) mass is 292 g/mol. The zero-order chi connectivity index (χ0) is 15.2. The number of pyridine rings is 1. The lowest BCUT2D eigenvalue weighted by atomic mass is 10.2. The number of nitrogens with zero attached hydrogens (tertiary/aromatic N) is 2.